The maximum Gasteiger partial charge on any atom is 0.337 e. The first-order valence-corrected chi connectivity index (χ1v) is 6.12. The Balaban J connectivity index is 2.15. The molecular formula is C14H13NO4. The van der Waals surface area contributed by atoms with Gasteiger partial charge in [0.1, 0.15) is 6.04 Å². The Hall–Kier alpha value is -2.30. The standard InChI is InChI=1S/C14H13NO4/c16-13(17)10-6-2-4-8-7-3-1-5-9(7)12(14(18)19)15-11(8)10/h1-4,6-7,9,12,15H,5H2,(H,16,17)(H,18,19)/t7-,9+,12-/m1/s1. The van der Waals surface area contributed by atoms with Gasteiger partial charge in [-0.25, -0.2) is 9.59 Å². The highest BCUT2D eigenvalue weighted by Gasteiger charge is 2.41. The Morgan fingerprint density at radius 1 is 1.26 bits per heavy atom. The van der Waals surface area contributed by atoms with E-state index in [1.165, 1.54) is 6.07 Å². The average molecular weight is 259 g/mol. The Morgan fingerprint density at radius 2 is 2.05 bits per heavy atom. The van der Waals surface area contributed by atoms with E-state index in [0.717, 1.165) is 5.56 Å². The summed E-state index contributed by atoms with van der Waals surface area (Å²) < 4.78 is 0. The minimum Gasteiger partial charge on any atom is -0.480 e. The van der Waals surface area contributed by atoms with Crippen molar-refractivity contribution in [1.29, 1.82) is 0 Å². The Bertz CT molecular complexity index is 593. The Labute approximate surface area is 109 Å². The molecule has 3 N–H and O–H groups in total. The Morgan fingerprint density at radius 3 is 2.74 bits per heavy atom. The van der Waals surface area contributed by atoms with Crippen molar-refractivity contribution in [2.45, 2.75) is 18.4 Å². The smallest absolute Gasteiger partial charge is 0.337 e. The fourth-order valence-electron chi connectivity index (χ4n) is 3.04. The number of hydrogen-bond donors (Lipinski definition) is 3. The number of benzene rings is 1. The molecule has 3 atom stereocenters. The maximum absolute atomic E-state index is 11.4. The highest BCUT2D eigenvalue weighted by atomic mass is 16.4. The zero-order valence-corrected chi connectivity index (χ0v) is 10.0. The monoisotopic (exact) mass is 259 g/mol. The van der Waals surface area contributed by atoms with Crippen molar-refractivity contribution in [3.8, 4) is 0 Å². The third kappa shape index (κ3) is 1.69. The molecule has 1 aromatic rings. The number of aliphatic carboxylic acids is 1. The van der Waals surface area contributed by atoms with Crippen molar-refractivity contribution in [1.82, 2.24) is 0 Å². The van der Waals surface area contributed by atoms with Crippen LogP contribution < -0.4 is 5.32 Å². The van der Waals surface area contributed by atoms with Gasteiger partial charge in [0.15, 0.2) is 0 Å². The average Bonchev–Trinajstić information content (AvgIpc) is 2.85. The van der Waals surface area contributed by atoms with Gasteiger partial charge in [-0.05, 0) is 18.1 Å². The number of fused-ring (bicyclic) bond motifs is 3. The van der Waals surface area contributed by atoms with Crippen LogP contribution in [-0.2, 0) is 4.79 Å². The molecular weight excluding hydrogens is 246 g/mol. The van der Waals surface area contributed by atoms with Crippen LogP contribution in [0.4, 0.5) is 5.69 Å². The van der Waals surface area contributed by atoms with Gasteiger partial charge in [-0.2, -0.15) is 0 Å². The molecule has 0 saturated carbocycles. The summed E-state index contributed by atoms with van der Waals surface area (Å²) in [6.07, 6.45) is 4.65. The molecule has 0 amide bonds. The topological polar surface area (TPSA) is 86.6 Å². The van der Waals surface area contributed by atoms with Crippen LogP contribution in [0.1, 0.15) is 28.3 Å². The number of carboxylic acid groups (broad SMARTS) is 2. The predicted molar refractivity (Wildman–Crippen MR) is 68.4 cm³/mol. The molecule has 5 heteroatoms. The number of allylic oxidation sites excluding steroid dienone is 2. The molecule has 19 heavy (non-hydrogen) atoms. The second-order valence-electron chi connectivity index (χ2n) is 4.89. The molecule has 0 saturated heterocycles. The first-order chi connectivity index (χ1) is 9.09. The van der Waals surface area contributed by atoms with E-state index >= 15 is 0 Å². The predicted octanol–water partition coefficient (Wildman–Crippen LogP) is 1.92. The van der Waals surface area contributed by atoms with E-state index in [0.29, 0.717) is 12.1 Å². The molecule has 1 aliphatic carbocycles. The summed E-state index contributed by atoms with van der Waals surface area (Å²) >= 11 is 0. The quantitative estimate of drug-likeness (QED) is 0.706. The van der Waals surface area contributed by atoms with Crippen LogP contribution >= 0.6 is 0 Å². The molecule has 98 valence electrons. The van der Waals surface area contributed by atoms with Gasteiger partial charge in [0.2, 0.25) is 0 Å². The third-order valence-electron chi connectivity index (χ3n) is 3.89. The van der Waals surface area contributed by atoms with Gasteiger partial charge in [0.25, 0.3) is 0 Å². The van der Waals surface area contributed by atoms with Crippen LogP contribution in [0.5, 0.6) is 0 Å². The van der Waals surface area contributed by atoms with Crippen molar-refractivity contribution < 1.29 is 19.8 Å². The number of para-hydroxylation sites is 1. The summed E-state index contributed by atoms with van der Waals surface area (Å²) in [5, 5.41) is 21.4. The van der Waals surface area contributed by atoms with Crippen LogP contribution in [0, 0.1) is 5.92 Å². The van der Waals surface area contributed by atoms with E-state index in [1.54, 1.807) is 6.07 Å². The van der Waals surface area contributed by atoms with Crippen LogP contribution in [0.15, 0.2) is 30.4 Å². The minimum atomic E-state index is -1.05. The molecule has 1 aliphatic heterocycles. The van der Waals surface area contributed by atoms with Crippen molar-refractivity contribution in [2.75, 3.05) is 5.32 Å². The van der Waals surface area contributed by atoms with E-state index in [1.807, 2.05) is 18.2 Å². The molecule has 1 aromatic carbocycles. The number of nitrogens with one attached hydrogen (secondary N) is 1. The van der Waals surface area contributed by atoms with Crippen molar-refractivity contribution in [3.63, 3.8) is 0 Å². The van der Waals surface area contributed by atoms with Gasteiger partial charge in [0, 0.05) is 11.8 Å². The first kappa shape index (κ1) is 11.8. The Kier molecular flexibility index (Phi) is 2.55. The summed E-state index contributed by atoms with van der Waals surface area (Å²) in [5.74, 6) is -2.05. The van der Waals surface area contributed by atoms with Gasteiger partial charge in [-0.1, -0.05) is 24.3 Å². The number of rotatable bonds is 2. The highest BCUT2D eigenvalue weighted by molar-refractivity contribution is 5.97. The molecule has 3 rings (SSSR count). The van der Waals surface area contributed by atoms with Crippen LogP contribution in [-0.4, -0.2) is 28.2 Å². The number of carbonyl (C=O) groups is 2. The molecule has 0 fully saturated rings. The van der Waals surface area contributed by atoms with Crippen molar-refractivity contribution >= 4 is 17.6 Å². The van der Waals surface area contributed by atoms with E-state index in [4.69, 9.17) is 0 Å². The first-order valence-electron chi connectivity index (χ1n) is 6.12. The second kappa shape index (κ2) is 4.12. The van der Waals surface area contributed by atoms with Crippen LogP contribution in [0.2, 0.25) is 0 Å². The highest BCUT2D eigenvalue weighted by Crippen LogP contribution is 2.45. The van der Waals surface area contributed by atoms with Gasteiger partial charge in [-0.15, -0.1) is 0 Å². The molecule has 1 heterocycles. The van der Waals surface area contributed by atoms with Gasteiger partial charge < -0.3 is 15.5 Å². The lowest BCUT2D eigenvalue weighted by Crippen LogP contribution is -2.42. The van der Waals surface area contributed by atoms with Crippen molar-refractivity contribution in [3.05, 3.63) is 41.5 Å². The molecule has 0 spiro atoms. The number of hydrogen-bond acceptors (Lipinski definition) is 3. The second-order valence-corrected chi connectivity index (χ2v) is 4.89. The fourth-order valence-corrected chi connectivity index (χ4v) is 3.04. The molecule has 0 radical (unpaired) electrons. The number of aromatic carboxylic acids is 1. The summed E-state index contributed by atoms with van der Waals surface area (Å²) in [6.45, 7) is 0. The lowest BCUT2D eigenvalue weighted by Gasteiger charge is -2.35. The van der Waals surface area contributed by atoms with Crippen molar-refractivity contribution in [2.24, 2.45) is 5.92 Å². The summed E-state index contributed by atoms with van der Waals surface area (Å²) in [5.41, 5.74) is 1.44. The van der Waals surface area contributed by atoms with Crippen LogP contribution in [0.3, 0.4) is 0 Å². The zero-order chi connectivity index (χ0) is 13.6. The lowest BCUT2D eigenvalue weighted by molar-refractivity contribution is -0.139. The summed E-state index contributed by atoms with van der Waals surface area (Å²) in [4.78, 5) is 22.6. The molecule has 5 nitrogen and oxygen atoms in total. The molecule has 0 bridgehead atoms. The normalized spacial score (nSPS) is 27.3. The summed E-state index contributed by atoms with van der Waals surface area (Å²) in [6, 6.07) is 4.31. The SMILES string of the molecule is O=C(O)c1cccc2c1N[C@@H](C(=O)O)[C@H]1CC=C[C@H]21. The zero-order valence-electron chi connectivity index (χ0n) is 10.0. The molecule has 0 unspecified atom stereocenters. The largest absolute Gasteiger partial charge is 0.480 e. The van der Waals surface area contributed by atoms with E-state index in [2.05, 4.69) is 5.32 Å². The van der Waals surface area contributed by atoms with E-state index in [9.17, 15) is 19.8 Å². The van der Waals surface area contributed by atoms with Gasteiger partial charge in [-0.3, -0.25) is 0 Å². The maximum atomic E-state index is 11.4. The number of anilines is 1. The molecule has 0 aromatic heterocycles. The van der Waals surface area contributed by atoms with Gasteiger partial charge >= 0.3 is 11.9 Å². The van der Waals surface area contributed by atoms with E-state index < -0.39 is 18.0 Å². The third-order valence-corrected chi connectivity index (χ3v) is 3.89. The fraction of sp³-hybridized carbons (Fsp3) is 0.286. The summed E-state index contributed by atoms with van der Waals surface area (Å²) in [7, 11) is 0. The minimum absolute atomic E-state index is 0.0170. The van der Waals surface area contributed by atoms with Crippen LogP contribution in [0.25, 0.3) is 0 Å². The van der Waals surface area contributed by atoms with E-state index in [-0.39, 0.29) is 17.4 Å². The lowest BCUT2D eigenvalue weighted by atomic mass is 9.78. The number of carboxylic acids is 2. The van der Waals surface area contributed by atoms with Gasteiger partial charge in [0.05, 0.1) is 11.3 Å². The molecule has 2 aliphatic rings.